The fourth-order valence-corrected chi connectivity index (χ4v) is 2.71. The van der Waals surface area contributed by atoms with Gasteiger partial charge in [0.25, 0.3) is 0 Å². The molecule has 21 heavy (non-hydrogen) atoms. The predicted octanol–water partition coefficient (Wildman–Crippen LogP) is 2.86. The van der Waals surface area contributed by atoms with Gasteiger partial charge in [0.05, 0.1) is 26.4 Å². The number of unbranched alkanes of at least 4 members (excludes halogenated alkanes) is 1. The normalized spacial score (nSPS) is 17.9. The monoisotopic (exact) mass is 301 g/mol. The van der Waals surface area contributed by atoms with Crippen LogP contribution < -0.4 is 5.32 Å². The second kappa shape index (κ2) is 11.4. The zero-order valence-electron chi connectivity index (χ0n) is 14.3. The molecule has 0 bridgehead atoms. The molecule has 0 saturated heterocycles. The van der Waals surface area contributed by atoms with Gasteiger partial charge in [-0.15, -0.1) is 0 Å². The molecule has 1 N–H and O–H groups in total. The van der Waals surface area contributed by atoms with E-state index in [1.807, 2.05) is 7.05 Å². The van der Waals surface area contributed by atoms with E-state index in [1.165, 1.54) is 19.3 Å². The Morgan fingerprint density at radius 3 is 2.05 bits per heavy atom. The maximum atomic E-state index is 5.71. The lowest BCUT2D eigenvalue weighted by Gasteiger charge is -2.29. The summed E-state index contributed by atoms with van der Waals surface area (Å²) in [4.78, 5) is 0. The number of nitrogens with one attached hydrogen (secondary N) is 1. The Kier molecular flexibility index (Phi) is 10.3. The van der Waals surface area contributed by atoms with Gasteiger partial charge in [-0.05, 0) is 44.1 Å². The first-order valence-electron chi connectivity index (χ1n) is 8.60. The maximum Gasteiger partial charge on any atom is 0.0701 e. The highest BCUT2D eigenvalue weighted by molar-refractivity contribution is 4.92. The lowest BCUT2D eigenvalue weighted by molar-refractivity contribution is 0.00748. The second-order valence-electron chi connectivity index (χ2n) is 6.40. The van der Waals surface area contributed by atoms with Gasteiger partial charge in [0.1, 0.15) is 0 Å². The molecule has 1 unspecified atom stereocenters. The van der Waals surface area contributed by atoms with Gasteiger partial charge in [0.2, 0.25) is 0 Å². The maximum absolute atomic E-state index is 5.71. The lowest BCUT2D eigenvalue weighted by Crippen LogP contribution is -2.33. The average molecular weight is 301 g/mol. The van der Waals surface area contributed by atoms with Crippen molar-refractivity contribution in [3.8, 4) is 0 Å². The minimum absolute atomic E-state index is 0.405. The molecular formula is C17H35NO3. The van der Waals surface area contributed by atoms with Crippen molar-refractivity contribution in [2.45, 2.75) is 46.0 Å². The first-order valence-corrected chi connectivity index (χ1v) is 8.60. The van der Waals surface area contributed by atoms with E-state index in [9.17, 15) is 0 Å². The zero-order chi connectivity index (χ0) is 15.4. The molecular weight excluding hydrogens is 266 g/mol. The molecule has 1 atom stereocenters. The van der Waals surface area contributed by atoms with Crippen molar-refractivity contribution < 1.29 is 14.2 Å². The van der Waals surface area contributed by atoms with Gasteiger partial charge < -0.3 is 19.5 Å². The van der Waals surface area contributed by atoms with Gasteiger partial charge >= 0.3 is 0 Å². The van der Waals surface area contributed by atoms with Crippen molar-refractivity contribution in [3.05, 3.63) is 0 Å². The molecule has 0 aromatic carbocycles. The highest BCUT2D eigenvalue weighted by Gasteiger charge is 2.40. The Morgan fingerprint density at radius 2 is 1.52 bits per heavy atom. The standard InChI is InChI=1S/C17H35NO3/c1-4-5-9-19-11-13-21-14-12-20-10-8-17(2,15-18-3)16-6-7-16/h16,18H,4-15H2,1-3H3. The molecule has 1 saturated carbocycles. The van der Waals surface area contributed by atoms with Crippen molar-refractivity contribution in [2.24, 2.45) is 11.3 Å². The third kappa shape index (κ3) is 8.77. The van der Waals surface area contributed by atoms with Crippen LogP contribution in [0.2, 0.25) is 0 Å². The highest BCUT2D eigenvalue weighted by Crippen LogP contribution is 2.47. The van der Waals surface area contributed by atoms with E-state index in [1.54, 1.807) is 0 Å². The number of hydrogen-bond acceptors (Lipinski definition) is 4. The molecule has 0 aromatic heterocycles. The molecule has 1 fully saturated rings. The molecule has 0 aliphatic heterocycles. The van der Waals surface area contributed by atoms with Crippen LogP contribution in [0, 0.1) is 11.3 Å². The van der Waals surface area contributed by atoms with Crippen LogP contribution in [0.15, 0.2) is 0 Å². The van der Waals surface area contributed by atoms with Gasteiger partial charge in [0.15, 0.2) is 0 Å². The van der Waals surface area contributed by atoms with Gasteiger partial charge in [-0.25, -0.2) is 0 Å². The third-order valence-corrected chi connectivity index (χ3v) is 4.35. The molecule has 0 amide bonds. The van der Waals surface area contributed by atoms with Crippen LogP contribution >= 0.6 is 0 Å². The predicted molar refractivity (Wildman–Crippen MR) is 86.7 cm³/mol. The van der Waals surface area contributed by atoms with Crippen LogP contribution in [0.25, 0.3) is 0 Å². The summed E-state index contributed by atoms with van der Waals surface area (Å²) >= 11 is 0. The summed E-state index contributed by atoms with van der Waals surface area (Å²) in [5.74, 6) is 0.894. The first-order chi connectivity index (χ1) is 10.2. The van der Waals surface area contributed by atoms with Gasteiger partial charge in [0, 0.05) is 19.8 Å². The molecule has 1 aliphatic carbocycles. The highest BCUT2D eigenvalue weighted by atomic mass is 16.5. The topological polar surface area (TPSA) is 39.7 Å². The van der Waals surface area contributed by atoms with Crippen LogP contribution in [-0.4, -0.2) is 53.2 Å². The second-order valence-corrected chi connectivity index (χ2v) is 6.40. The largest absolute Gasteiger partial charge is 0.379 e. The molecule has 1 aliphatic rings. The molecule has 126 valence electrons. The summed E-state index contributed by atoms with van der Waals surface area (Å²) < 4.78 is 16.6. The van der Waals surface area contributed by atoms with Crippen LogP contribution in [0.1, 0.15) is 46.0 Å². The van der Waals surface area contributed by atoms with Crippen LogP contribution in [0.3, 0.4) is 0 Å². The molecule has 4 nitrogen and oxygen atoms in total. The van der Waals surface area contributed by atoms with E-state index >= 15 is 0 Å². The average Bonchev–Trinajstić information content (AvgIpc) is 3.30. The Labute approximate surface area is 130 Å². The number of hydrogen-bond donors (Lipinski definition) is 1. The Hall–Kier alpha value is -0.160. The summed E-state index contributed by atoms with van der Waals surface area (Å²) in [5, 5.41) is 3.33. The molecule has 1 rings (SSSR count). The number of ether oxygens (including phenoxy) is 3. The van der Waals surface area contributed by atoms with E-state index in [2.05, 4.69) is 19.2 Å². The van der Waals surface area contributed by atoms with Crippen LogP contribution in [-0.2, 0) is 14.2 Å². The van der Waals surface area contributed by atoms with Crippen molar-refractivity contribution in [1.82, 2.24) is 5.32 Å². The minimum Gasteiger partial charge on any atom is -0.379 e. The fraction of sp³-hybridized carbons (Fsp3) is 1.00. The fourth-order valence-electron chi connectivity index (χ4n) is 2.71. The minimum atomic E-state index is 0.405. The van der Waals surface area contributed by atoms with E-state index in [0.717, 1.165) is 38.5 Å². The van der Waals surface area contributed by atoms with E-state index < -0.39 is 0 Å². The molecule has 0 spiro atoms. The van der Waals surface area contributed by atoms with E-state index in [4.69, 9.17) is 14.2 Å². The molecule has 0 aromatic rings. The zero-order valence-corrected chi connectivity index (χ0v) is 14.3. The molecule has 0 radical (unpaired) electrons. The number of rotatable bonds is 15. The van der Waals surface area contributed by atoms with Crippen LogP contribution in [0.5, 0.6) is 0 Å². The van der Waals surface area contributed by atoms with Gasteiger partial charge in [-0.3, -0.25) is 0 Å². The van der Waals surface area contributed by atoms with Gasteiger partial charge in [-0.1, -0.05) is 20.3 Å². The van der Waals surface area contributed by atoms with E-state index in [-0.39, 0.29) is 0 Å². The lowest BCUT2D eigenvalue weighted by atomic mass is 9.82. The van der Waals surface area contributed by atoms with Crippen molar-refractivity contribution in [3.63, 3.8) is 0 Å². The summed E-state index contributed by atoms with van der Waals surface area (Å²) in [6, 6.07) is 0. The van der Waals surface area contributed by atoms with Crippen molar-refractivity contribution in [2.75, 3.05) is 53.2 Å². The first kappa shape index (κ1) is 18.9. The quantitative estimate of drug-likeness (QED) is 0.472. The van der Waals surface area contributed by atoms with Crippen molar-refractivity contribution in [1.29, 1.82) is 0 Å². The Balaban J connectivity index is 1.87. The summed E-state index contributed by atoms with van der Waals surface area (Å²) in [6.07, 6.45) is 6.23. The summed E-state index contributed by atoms with van der Waals surface area (Å²) in [5.41, 5.74) is 0.405. The molecule has 4 heteroatoms. The smallest absolute Gasteiger partial charge is 0.0701 e. The summed E-state index contributed by atoms with van der Waals surface area (Å²) in [7, 11) is 2.04. The Morgan fingerprint density at radius 1 is 0.952 bits per heavy atom. The van der Waals surface area contributed by atoms with Crippen LogP contribution in [0.4, 0.5) is 0 Å². The van der Waals surface area contributed by atoms with Gasteiger partial charge in [-0.2, -0.15) is 0 Å². The summed E-state index contributed by atoms with van der Waals surface area (Å²) in [6.45, 7) is 10.1. The van der Waals surface area contributed by atoms with Crippen molar-refractivity contribution >= 4 is 0 Å². The Bertz CT molecular complexity index is 246. The third-order valence-electron chi connectivity index (χ3n) is 4.35. The molecule has 0 heterocycles. The van der Waals surface area contributed by atoms with E-state index in [0.29, 0.717) is 31.8 Å². The SMILES string of the molecule is CCCCOCCOCCOCCC(C)(CNC)C1CC1.